The number of ketones is 1. The molecular weight excluding hydrogens is 328 g/mol. The number of aliphatic hydroxyl groups is 1. The van der Waals surface area contributed by atoms with E-state index in [-0.39, 0.29) is 12.2 Å². The van der Waals surface area contributed by atoms with Gasteiger partial charge in [-0.1, -0.05) is 57.9 Å². The first-order chi connectivity index (χ1) is 12.6. The van der Waals surface area contributed by atoms with Crippen molar-refractivity contribution >= 4 is 5.78 Å². The highest BCUT2D eigenvalue weighted by Crippen LogP contribution is 2.28. The standard InChI is InChI=1S/C22H36O4/c1-4-5-6-7-8-9-10-11-19(23)17-20(24)14-12-18-13-15-21(25-2)22(16-18)26-3/h13,15-16,19,23H,4-12,14,17H2,1-3H3. The van der Waals surface area contributed by atoms with Gasteiger partial charge >= 0.3 is 0 Å². The van der Waals surface area contributed by atoms with Gasteiger partial charge in [0.15, 0.2) is 11.5 Å². The van der Waals surface area contributed by atoms with Crippen LogP contribution in [0.2, 0.25) is 0 Å². The Balaban J connectivity index is 2.21. The van der Waals surface area contributed by atoms with Crippen molar-refractivity contribution in [1.82, 2.24) is 0 Å². The Kier molecular flexibility index (Phi) is 11.8. The molecule has 1 aromatic rings. The van der Waals surface area contributed by atoms with Crippen LogP contribution in [0.15, 0.2) is 18.2 Å². The van der Waals surface area contributed by atoms with Gasteiger partial charge in [-0.05, 0) is 30.5 Å². The first-order valence-corrected chi connectivity index (χ1v) is 10.0. The number of rotatable bonds is 15. The first-order valence-electron chi connectivity index (χ1n) is 10.0. The maximum absolute atomic E-state index is 12.1. The smallest absolute Gasteiger partial charge is 0.160 e. The Morgan fingerprint density at radius 1 is 1.00 bits per heavy atom. The van der Waals surface area contributed by atoms with Crippen molar-refractivity contribution in [2.75, 3.05) is 14.2 Å². The van der Waals surface area contributed by atoms with Crippen molar-refractivity contribution in [1.29, 1.82) is 0 Å². The molecule has 1 rings (SSSR count). The molecule has 0 fully saturated rings. The highest BCUT2D eigenvalue weighted by atomic mass is 16.5. The second kappa shape index (κ2) is 13.6. The van der Waals surface area contributed by atoms with E-state index in [0.29, 0.717) is 24.3 Å². The normalized spacial score (nSPS) is 12.0. The summed E-state index contributed by atoms with van der Waals surface area (Å²) in [7, 11) is 3.21. The van der Waals surface area contributed by atoms with E-state index in [1.807, 2.05) is 18.2 Å². The molecule has 148 valence electrons. The van der Waals surface area contributed by atoms with Gasteiger partial charge in [0.2, 0.25) is 0 Å². The summed E-state index contributed by atoms with van der Waals surface area (Å²) >= 11 is 0. The van der Waals surface area contributed by atoms with E-state index in [1.54, 1.807) is 14.2 Å². The summed E-state index contributed by atoms with van der Waals surface area (Å²) in [5, 5.41) is 10.1. The summed E-state index contributed by atoms with van der Waals surface area (Å²) in [6.45, 7) is 2.22. The fraction of sp³-hybridized carbons (Fsp3) is 0.682. The minimum absolute atomic E-state index is 0.121. The molecule has 4 heteroatoms. The number of Topliss-reactive ketones (excluding diaryl/α,β-unsaturated/α-hetero) is 1. The monoisotopic (exact) mass is 364 g/mol. The molecule has 0 heterocycles. The van der Waals surface area contributed by atoms with Crippen molar-refractivity contribution < 1.29 is 19.4 Å². The molecule has 0 amide bonds. The second-order valence-corrected chi connectivity index (χ2v) is 7.00. The Morgan fingerprint density at radius 3 is 2.31 bits per heavy atom. The van der Waals surface area contributed by atoms with Crippen molar-refractivity contribution in [3.63, 3.8) is 0 Å². The molecular formula is C22H36O4. The molecule has 0 bridgehead atoms. The SMILES string of the molecule is CCCCCCCCCC(O)CC(=O)CCc1ccc(OC)c(OC)c1. The van der Waals surface area contributed by atoms with Crippen molar-refractivity contribution in [3.05, 3.63) is 23.8 Å². The minimum atomic E-state index is -0.497. The summed E-state index contributed by atoms with van der Waals surface area (Å²) < 4.78 is 10.5. The van der Waals surface area contributed by atoms with Gasteiger partial charge < -0.3 is 14.6 Å². The summed E-state index contributed by atoms with van der Waals surface area (Å²) in [6.07, 6.45) is 10.2. The number of carbonyl (C=O) groups is 1. The molecule has 0 radical (unpaired) electrons. The van der Waals surface area contributed by atoms with Gasteiger partial charge in [0.25, 0.3) is 0 Å². The molecule has 0 aliphatic rings. The lowest BCUT2D eigenvalue weighted by molar-refractivity contribution is -0.121. The van der Waals surface area contributed by atoms with Crippen LogP contribution >= 0.6 is 0 Å². The quantitative estimate of drug-likeness (QED) is 0.440. The second-order valence-electron chi connectivity index (χ2n) is 7.00. The molecule has 0 aliphatic carbocycles. The molecule has 0 saturated carbocycles. The van der Waals surface area contributed by atoms with Crippen LogP contribution in [0.3, 0.4) is 0 Å². The summed E-state index contributed by atoms with van der Waals surface area (Å²) in [4.78, 5) is 12.1. The van der Waals surface area contributed by atoms with E-state index < -0.39 is 6.10 Å². The number of ether oxygens (including phenoxy) is 2. The number of aryl methyl sites for hydroxylation is 1. The highest BCUT2D eigenvalue weighted by molar-refractivity contribution is 5.79. The number of benzene rings is 1. The molecule has 1 atom stereocenters. The minimum Gasteiger partial charge on any atom is -0.493 e. The van der Waals surface area contributed by atoms with Crippen LogP contribution in [0, 0.1) is 0 Å². The lowest BCUT2D eigenvalue weighted by Crippen LogP contribution is -2.14. The van der Waals surface area contributed by atoms with Crippen molar-refractivity contribution in [2.24, 2.45) is 0 Å². The molecule has 26 heavy (non-hydrogen) atoms. The van der Waals surface area contributed by atoms with E-state index in [4.69, 9.17) is 9.47 Å². The lowest BCUT2D eigenvalue weighted by atomic mass is 10.0. The topological polar surface area (TPSA) is 55.8 Å². The van der Waals surface area contributed by atoms with Gasteiger partial charge in [0, 0.05) is 12.8 Å². The van der Waals surface area contributed by atoms with E-state index in [1.165, 1.54) is 32.1 Å². The zero-order valence-corrected chi connectivity index (χ0v) is 16.8. The molecule has 0 saturated heterocycles. The number of hydrogen-bond donors (Lipinski definition) is 1. The zero-order valence-electron chi connectivity index (χ0n) is 16.8. The lowest BCUT2D eigenvalue weighted by Gasteiger charge is -2.11. The number of carbonyl (C=O) groups excluding carboxylic acids is 1. The predicted octanol–water partition coefficient (Wildman–Crippen LogP) is 5.10. The van der Waals surface area contributed by atoms with E-state index in [2.05, 4.69) is 6.92 Å². The van der Waals surface area contributed by atoms with Gasteiger partial charge in [-0.2, -0.15) is 0 Å². The van der Waals surface area contributed by atoms with Crippen molar-refractivity contribution in [3.8, 4) is 11.5 Å². The molecule has 0 aliphatic heterocycles. The number of hydrogen-bond acceptors (Lipinski definition) is 4. The third-order valence-electron chi connectivity index (χ3n) is 4.74. The van der Waals surface area contributed by atoms with Crippen LogP contribution in [-0.2, 0) is 11.2 Å². The molecule has 1 unspecified atom stereocenters. The summed E-state index contributed by atoms with van der Waals surface area (Å²) in [5.41, 5.74) is 1.04. The van der Waals surface area contributed by atoms with Crippen LogP contribution in [-0.4, -0.2) is 31.2 Å². The summed E-state index contributed by atoms with van der Waals surface area (Å²) in [5.74, 6) is 1.49. The summed E-state index contributed by atoms with van der Waals surface area (Å²) in [6, 6.07) is 5.71. The van der Waals surface area contributed by atoms with Crippen molar-refractivity contribution in [2.45, 2.75) is 83.7 Å². The van der Waals surface area contributed by atoms with Gasteiger partial charge in [-0.3, -0.25) is 4.79 Å². The zero-order chi connectivity index (χ0) is 19.2. The fourth-order valence-electron chi connectivity index (χ4n) is 3.12. The van der Waals surface area contributed by atoms with Gasteiger partial charge in [0.05, 0.1) is 20.3 Å². The fourth-order valence-corrected chi connectivity index (χ4v) is 3.12. The number of methoxy groups -OCH3 is 2. The number of aliphatic hydroxyl groups excluding tert-OH is 1. The molecule has 0 aromatic heterocycles. The van der Waals surface area contributed by atoms with Crippen LogP contribution in [0.1, 0.15) is 76.7 Å². The molecule has 0 spiro atoms. The van der Waals surface area contributed by atoms with E-state index in [0.717, 1.165) is 24.8 Å². The highest BCUT2D eigenvalue weighted by Gasteiger charge is 2.12. The Hall–Kier alpha value is -1.55. The Morgan fingerprint density at radius 2 is 1.65 bits per heavy atom. The van der Waals surface area contributed by atoms with Gasteiger partial charge in [-0.15, -0.1) is 0 Å². The van der Waals surface area contributed by atoms with Crippen LogP contribution in [0.5, 0.6) is 11.5 Å². The van der Waals surface area contributed by atoms with E-state index >= 15 is 0 Å². The average Bonchev–Trinajstić information content (AvgIpc) is 2.65. The van der Waals surface area contributed by atoms with Crippen LogP contribution < -0.4 is 9.47 Å². The largest absolute Gasteiger partial charge is 0.493 e. The average molecular weight is 365 g/mol. The van der Waals surface area contributed by atoms with Gasteiger partial charge in [0.1, 0.15) is 5.78 Å². The third-order valence-corrected chi connectivity index (χ3v) is 4.74. The molecule has 4 nitrogen and oxygen atoms in total. The number of unbranched alkanes of at least 4 members (excludes halogenated alkanes) is 6. The van der Waals surface area contributed by atoms with Gasteiger partial charge in [-0.25, -0.2) is 0 Å². The Labute approximate surface area is 158 Å². The predicted molar refractivity (Wildman–Crippen MR) is 106 cm³/mol. The first kappa shape index (κ1) is 22.5. The van der Waals surface area contributed by atoms with E-state index in [9.17, 15) is 9.90 Å². The van der Waals surface area contributed by atoms with Crippen LogP contribution in [0.25, 0.3) is 0 Å². The maximum atomic E-state index is 12.1. The maximum Gasteiger partial charge on any atom is 0.160 e. The third kappa shape index (κ3) is 9.23. The molecule has 1 aromatic carbocycles. The molecule has 1 N–H and O–H groups in total. The Bertz CT molecular complexity index is 513. The van der Waals surface area contributed by atoms with Crippen LogP contribution in [0.4, 0.5) is 0 Å².